The molecule has 1 nitrogen and oxygen atoms in total. The Balaban J connectivity index is 2.83. The average molecular weight is 121 g/mol. The molecule has 0 aliphatic rings. The molecule has 0 aliphatic heterocycles. The van der Waals surface area contributed by atoms with Gasteiger partial charge in [0.1, 0.15) is 0 Å². The fourth-order valence-corrected chi connectivity index (χ4v) is 0.938. The van der Waals surface area contributed by atoms with Gasteiger partial charge in [0.2, 0.25) is 0 Å². The number of hydrogen-bond acceptors (Lipinski definition) is 1. The van der Waals surface area contributed by atoms with Gasteiger partial charge in [0, 0.05) is 5.69 Å². The molecule has 0 bridgehead atoms. The van der Waals surface area contributed by atoms with Crippen molar-refractivity contribution in [3.8, 4) is 0 Å². The van der Waals surface area contributed by atoms with Gasteiger partial charge in [0.15, 0.2) is 0 Å². The molecule has 1 aromatic carbocycles. The molecule has 0 radical (unpaired) electrons. The maximum absolute atomic E-state index is 3.17. The first kappa shape index (κ1) is 5.68. The highest BCUT2D eigenvalue weighted by atomic mass is 27.1. The average Bonchev–Trinajstić information content (AvgIpc) is 1.90. The normalized spacial score (nSPS) is 8.50. The zero-order valence-corrected chi connectivity index (χ0v) is 6.89. The lowest BCUT2D eigenvalue weighted by Crippen LogP contribution is -1.87. The van der Waals surface area contributed by atoms with Crippen LogP contribution in [0.4, 0.5) is 5.69 Å². The van der Waals surface area contributed by atoms with Gasteiger partial charge in [-0.25, -0.2) is 0 Å². The van der Waals surface area contributed by atoms with Crippen LogP contribution in [0.1, 0.15) is 0 Å². The molecule has 8 heavy (non-hydrogen) atoms. The lowest BCUT2D eigenvalue weighted by molar-refractivity contribution is 1.68. The molecule has 2 heteroatoms. The number of benzene rings is 1. The van der Waals surface area contributed by atoms with Gasteiger partial charge >= 0.3 is 16.5 Å². The van der Waals surface area contributed by atoms with E-state index in [9.17, 15) is 0 Å². The second kappa shape index (κ2) is 2.76. The van der Waals surface area contributed by atoms with Crippen molar-refractivity contribution in [1.29, 1.82) is 0 Å². The van der Waals surface area contributed by atoms with Gasteiger partial charge in [-0.1, -0.05) is 18.2 Å². The third-order valence-corrected chi connectivity index (χ3v) is 1.64. The number of para-hydroxylation sites is 1. The summed E-state index contributed by atoms with van der Waals surface area (Å²) in [5, 5.41) is 0. The maximum Gasteiger partial charge on any atom is 0.360 e. The number of anilines is 1. The Hall–Kier alpha value is -0.448. The second-order valence-electron chi connectivity index (χ2n) is 1.62. The van der Waals surface area contributed by atoms with Crippen molar-refractivity contribution in [2.75, 3.05) is 4.30 Å². The van der Waals surface area contributed by atoms with E-state index in [1.54, 1.807) is 0 Å². The Morgan fingerprint density at radius 2 is 1.75 bits per heavy atom. The third-order valence-electron chi connectivity index (χ3n) is 1.06. The fourth-order valence-electron chi connectivity index (χ4n) is 0.605. The highest BCUT2D eigenvalue weighted by Crippen LogP contribution is 2.01. The van der Waals surface area contributed by atoms with Crippen molar-refractivity contribution in [2.24, 2.45) is 0 Å². The van der Waals surface area contributed by atoms with Crippen molar-refractivity contribution in [1.82, 2.24) is 0 Å². The highest BCUT2D eigenvalue weighted by Gasteiger charge is 1.77. The minimum Gasteiger partial charge on any atom is -0.482 e. The van der Waals surface area contributed by atoms with Crippen LogP contribution >= 0.6 is 0 Å². The van der Waals surface area contributed by atoms with E-state index < -0.39 is 0 Å². The minimum absolute atomic E-state index is 1.03. The van der Waals surface area contributed by atoms with Gasteiger partial charge in [0.05, 0.1) is 0 Å². The van der Waals surface area contributed by atoms with Crippen LogP contribution in [0.5, 0.6) is 0 Å². The van der Waals surface area contributed by atoms with Gasteiger partial charge < -0.3 is 4.30 Å². The quantitative estimate of drug-likeness (QED) is 0.538. The van der Waals surface area contributed by atoms with E-state index >= 15 is 0 Å². The first-order valence-electron chi connectivity index (χ1n) is 2.66. The molecular weight excluding hydrogens is 113 g/mol. The van der Waals surface area contributed by atoms with Gasteiger partial charge in [-0.3, -0.25) is 0 Å². The smallest absolute Gasteiger partial charge is 0.360 e. The van der Waals surface area contributed by atoms with Crippen molar-refractivity contribution in [3.63, 3.8) is 0 Å². The molecule has 40 valence electrons. The molecule has 0 aromatic heterocycles. The summed E-state index contributed by atoms with van der Waals surface area (Å²) in [6.45, 7) is 0. The molecule has 1 rings (SSSR count). The number of hydrogen-bond donors (Lipinski definition) is 1. The first-order valence-corrected chi connectivity index (χ1v) is 3.66. The van der Waals surface area contributed by atoms with Crippen molar-refractivity contribution >= 4 is 22.2 Å². The van der Waals surface area contributed by atoms with E-state index in [1.165, 1.54) is 5.69 Å². The molecule has 1 N–H and O–H groups in total. The minimum atomic E-state index is 1.03. The van der Waals surface area contributed by atoms with E-state index in [1.807, 2.05) is 18.2 Å². The summed E-state index contributed by atoms with van der Waals surface area (Å²) in [6.07, 6.45) is 0. The maximum atomic E-state index is 3.17. The van der Waals surface area contributed by atoms with Crippen molar-refractivity contribution < 1.29 is 0 Å². The lowest BCUT2D eigenvalue weighted by Gasteiger charge is -1.95. The van der Waals surface area contributed by atoms with Gasteiger partial charge in [0.25, 0.3) is 0 Å². The van der Waals surface area contributed by atoms with Crippen LogP contribution in [0.2, 0.25) is 0 Å². The van der Waals surface area contributed by atoms with Crippen molar-refractivity contribution in [3.05, 3.63) is 30.3 Å². The van der Waals surface area contributed by atoms with Crippen LogP contribution in [-0.2, 0) is 0 Å². The summed E-state index contributed by atoms with van der Waals surface area (Å²) in [6, 6.07) is 10.2. The van der Waals surface area contributed by atoms with Crippen LogP contribution < -0.4 is 4.30 Å². The van der Waals surface area contributed by atoms with Crippen LogP contribution in [0.15, 0.2) is 30.3 Å². The van der Waals surface area contributed by atoms with Gasteiger partial charge in [-0.05, 0) is 12.1 Å². The molecule has 0 aliphatic carbocycles. The second-order valence-corrected chi connectivity index (χ2v) is 2.12. The molecular formula is C6H8AlN. The Bertz CT molecular complexity index is 150. The Kier molecular flexibility index (Phi) is 1.96. The van der Waals surface area contributed by atoms with Crippen LogP contribution in [0.3, 0.4) is 0 Å². The first-order chi connectivity index (χ1) is 3.93. The van der Waals surface area contributed by atoms with E-state index in [0.29, 0.717) is 0 Å². The van der Waals surface area contributed by atoms with E-state index in [4.69, 9.17) is 0 Å². The molecule has 0 spiro atoms. The van der Waals surface area contributed by atoms with Crippen molar-refractivity contribution in [2.45, 2.75) is 0 Å². The topological polar surface area (TPSA) is 12.0 Å². The van der Waals surface area contributed by atoms with Crippen LogP contribution in [0, 0.1) is 0 Å². The van der Waals surface area contributed by atoms with Gasteiger partial charge in [-0.2, -0.15) is 0 Å². The molecule has 1 aromatic rings. The van der Waals surface area contributed by atoms with Gasteiger partial charge in [-0.15, -0.1) is 0 Å². The molecule has 0 saturated heterocycles. The fraction of sp³-hybridized carbons (Fsp3) is 0. The summed E-state index contributed by atoms with van der Waals surface area (Å²) in [5.41, 5.74) is 1.22. The highest BCUT2D eigenvalue weighted by molar-refractivity contribution is 6.15. The Morgan fingerprint density at radius 3 is 2.12 bits per heavy atom. The summed E-state index contributed by atoms with van der Waals surface area (Å²) in [4.78, 5) is 0. The Labute approximate surface area is 57.4 Å². The summed E-state index contributed by atoms with van der Waals surface area (Å²) in [5.74, 6) is 0. The molecule has 0 unspecified atom stereocenters. The SMILES string of the molecule is [AlH2][NH]c1ccccc1. The zero-order valence-electron chi connectivity index (χ0n) is 4.89. The summed E-state index contributed by atoms with van der Waals surface area (Å²) >= 11 is 1.03. The molecule has 0 heterocycles. The molecule has 0 saturated carbocycles. The summed E-state index contributed by atoms with van der Waals surface area (Å²) in [7, 11) is 0. The van der Waals surface area contributed by atoms with E-state index in [-0.39, 0.29) is 0 Å². The predicted octanol–water partition coefficient (Wildman–Crippen LogP) is 0.647. The number of rotatable bonds is 1. The molecule has 0 atom stereocenters. The monoisotopic (exact) mass is 121 g/mol. The zero-order chi connectivity index (χ0) is 5.82. The lowest BCUT2D eigenvalue weighted by atomic mass is 10.3. The standard InChI is InChI=1S/C6H6N.Al.2H/c7-6-4-2-1-3-5-6;;;/h1-5,7H;;;/q-1;+1;;. The van der Waals surface area contributed by atoms with Crippen LogP contribution in [0.25, 0.3) is 0 Å². The van der Waals surface area contributed by atoms with E-state index in [0.717, 1.165) is 16.5 Å². The van der Waals surface area contributed by atoms with E-state index in [2.05, 4.69) is 16.4 Å². The predicted molar refractivity (Wildman–Crippen MR) is 38.6 cm³/mol. The summed E-state index contributed by atoms with van der Waals surface area (Å²) < 4.78 is 3.17. The molecule has 0 amide bonds. The third kappa shape index (κ3) is 1.26. The number of nitrogens with one attached hydrogen (secondary N) is 1. The largest absolute Gasteiger partial charge is 0.482 e. The van der Waals surface area contributed by atoms with Crippen LogP contribution in [-0.4, -0.2) is 16.5 Å². The molecule has 0 fully saturated rings. The Morgan fingerprint density at radius 1 is 1.12 bits per heavy atom.